The van der Waals surface area contributed by atoms with E-state index in [1.807, 2.05) is 84.9 Å². The number of hydrogen-bond donors (Lipinski definition) is 7. The molecule has 26 heteroatoms. The number of fused-ring (bicyclic) bond motifs is 2. The van der Waals surface area contributed by atoms with Crippen molar-refractivity contribution in [2.75, 3.05) is 32.8 Å². The van der Waals surface area contributed by atoms with Gasteiger partial charge in [0.05, 0.1) is 66.5 Å². The van der Waals surface area contributed by atoms with Crippen LogP contribution in [0.4, 0.5) is 11.4 Å². The van der Waals surface area contributed by atoms with Crippen LogP contribution in [0, 0.1) is 23.7 Å². The van der Waals surface area contributed by atoms with E-state index >= 15 is 0 Å². The normalized spacial score (nSPS) is 14.2. The number of rotatable bonds is 20. The zero-order chi connectivity index (χ0) is 72.7. The van der Waals surface area contributed by atoms with Crippen LogP contribution in [0.5, 0.6) is 23.0 Å². The first-order valence-corrected chi connectivity index (χ1v) is 29.9. The summed E-state index contributed by atoms with van der Waals surface area (Å²) in [5.74, 6) is -8.71. The predicted molar refractivity (Wildman–Crippen MR) is 365 cm³/mol. The zero-order valence-electron chi connectivity index (χ0n) is 55.2. The van der Waals surface area contributed by atoms with Gasteiger partial charge in [-0.05, 0) is 165 Å². The summed E-state index contributed by atoms with van der Waals surface area (Å²) in [7, 11) is 3.47. The molecule has 0 amide bonds. The highest BCUT2D eigenvalue weighted by molar-refractivity contribution is 6.15. The fourth-order valence-electron chi connectivity index (χ4n) is 11.0. The molecule has 0 heterocycles. The smallest absolute Gasteiger partial charge is 0.338 e. The average molecular weight is 1380 g/mol. The number of benzene rings is 8. The molecule has 4 unspecified atom stereocenters. The molecule has 8 aromatic carbocycles. The molecule has 13 N–H and O–H groups in total. The standard InChI is InChI=1S/C27H26N2O2.2C19H14O8.C10H12O4.2H2O/c1-27(2,19-3-11-23(12-4-19)30-25-15-7-21(28)8-16-25)20-5-13-24(14-6-20)31-26-17-9-22(29)10-18-26;1-9(20)14-7-10(3-5-12(14)17(22)23)16(21)11-4-6-13(18(24)25)15(8-11)19(26)27-2;1-9(20)12-5-3-10(7-14(12)17(22)23)16(21)11-4-6-13(19(26)27-2)15(8-11)18(24)25;1-14-10(13)8-6-3-2-5(4-6)7(8)9(11)12;;/h3-18H,28-29H2,1-2H3;2*3-8H,1-2H3,(H,22,23)(H,24,25);2-3,5-8H,4H2,1H3,(H,11,12);2*1H2. The molecule has 0 saturated heterocycles. The Hall–Kier alpha value is -12.9. The fourth-order valence-corrected chi connectivity index (χ4v) is 11.0. The molecule has 4 atom stereocenters. The molecule has 0 radical (unpaired) electrons. The molecule has 524 valence electrons. The van der Waals surface area contributed by atoms with E-state index in [1.54, 1.807) is 0 Å². The number of esters is 3. The van der Waals surface area contributed by atoms with Crippen LogP contribution in [-0.2, 0) is 29.2 Å². The molecule has 10 rings (SSSR count). The van der Waals surface area contributed by atoms with Crippen molar-refractivity contribution >= 4 is 82.3 Å². The lowest BCUT2D eigenvalue weighted by Crippen LogP contribution is -2.33. The summed E-state index contributed by atoms with van der Waals surface area (Å²) in [6.45, 7) is 6.79. The first kappa shape index (κ1) is 78.8. The maximum atomic E-state index is 12.7. The van der Waals surface area contributed by atoms with Gasteiger partial charge in [0.15, 0.2) is 23.1 Å². The highest BCUT2D eigenvalue weighted by atomic mass is 16.5. The minimum Gasteiger partial charge on any atom is -0.481 e. The summed E-state index contributed by atoms with van der Waals surface area (Å²) >= 11 is 0. The number of carbonyl (C=O) groups is 12. The molecule has 2 bridgehead atoms. The van der Waals surface area contributed by atoms with Gasteiger partial charge in [-0.3, -0.25) is 28.8 Å². The predicted octanol–water partition coefficient (Wildman–Crippen LogP) is 10.4. The average Bonchev–Trinajstić information content (AvgIpc) is 1.68. The van der Waals surface area contributed by atoms with Gasteiger partial charge in [-0.2, -0.15) is 0 Å². The van der Waals surface area contributed by atoms with E-state index < -0.39 is 88.3 Å². The Kier molecular flexibility index (Phi) is 26.8. The summed E-state index contributed by atoms with van der Waals surface area (Å²) in [4.78, 5) is 139. The van der Waals surface area contributed by atoms with Gasteiger partial charge in [0.1, 0.15) is 23.0 Å². The molecule has 2 aliphatic rings. The van der Waals surface area contributed by atoms with Crippen LogP contribution < -0.4 is 20.9 Å². The number of carboxylic acid groups (broad SMARTS) is 5. The SMILES string of the molecule is CC(C)(c1ccc(Oc2ccc(N)cc2)cc1)c1ccc(Oc2ccc(N)cc2)cc1.COC(=O)C1C2C=CC(C2)C1C(=O)O.COC(=O)c1cc(C(=O)c2ccc(C(=O)O)c(C(C)=O)c2)ccc1C(=O)O.COC(=O)c1ccc(C(=O)c2ccc(C(C)=O)c(C(=O)O)c2)cc1C(=O)O.O.O. The van der Waals surface area contributed by atoms with Crippen molar-refractivity contribution in [1.82, 2.24) is 0 Å². The summed E-state index contributed by atoms with van der Waals surface area (Å²) in [6.07, 6.45) is 4.62. The third-order valence-electron chi connectivity index (χ3n) is 16.2. The van der Waals surface area contributed by atoms with Gasteiger partial charge < -0.3 is 71.6 Å². The number of methoxy groups -OCH3 is 3. The molecule has 26 nitrogen and oxygen atoms in total. The van der Waals surface area contributed by atoms with Crippen LogP contribution in [0.3, 0.4) is 0 Å². The number of carboxylic acids is 5. The van der Waals surface area contributed by atoms with E-state index in [1.165, 1.54) is 62.4 Å². The zero-order valence-corrected chi connectivity index (χ0v) is 55.2. The molecule has 101 heavy (non-hydrogen) atoms. The van der Waals surface area contributed by atoms with E-state index in [9.17, 15) is 67.7 Å². The lowest BCUT2D eigenvalue weighted by molar-refractivity contribution is -0.156. The second-order valence-corrected chi connectivity index (χ2v) is 22.9. The van der Waals surface area contributed by atoms with Crippen molar-refractivity contribution in [3.63, 3.8) is 0 Å². The summed E-state index contributed by atoms with van der Waals surface area (Å²) in [5.41, 5.74) is 13.0. The Morgan fingerprint density at radius 3 is 1.03 bits per heavy atom. The van der Waals surface area contributed by atoms with Gasteiger partial charge in [0.25, 0.3) is 0 Å². The Bertz CT molecular complexity index is 4430. The first-order valence-electron chi connectivity index (χ1n) is 29.9. The second-order valence-electron chi connectivity index (χ2n) is 22.9. The highest BCUT2D eigenvalue weighted by Gasteiger charge is 2.52. The lowest BCUT2D eigenvalue weighted by atomic mass is 9.78. The van der Waals surface area contributed by atoms with Crippen molar-refractivity contribution in [2.45, 2.75) is 39.5 Å². The van der Waals surface area contributed by atoms with Crippen molar-refractivity contribution < 1.29 is 118 Å². The quantitative estimate of drug-likeness (QED) is 0.0122. The second kappa shape index (κ2) is 34.3. The van der Waals surface area contributed by atoms with Crippen LogP contribution in [0.2, 0.25) is 0 Å². The molecular weight excluding hydrogens is 1310 g/mol. The molecule has 1 saturated carbocycles. The molecule has 8 aromatic rings. The first-order chi connectivity index (χ1) is 46.9. The highest BCUT2D eigenvalue weighted by Crippen LogP contribution is 2.48. The van der Waals surface area contributed by atoms with Crippen LogP contribution in [0.15, 0.2) is 182 Å². The Morgan fingerprint density at radius 2 is 0.683 bits per heavy atom. The maximum absolute atomic E-state index is 12.7. The van der Waals surface area contributed by atoms with E-state index in [0.29, 0.717) is 11.4 Å². The minimum atomic E-state index is -1.43. The van der Waals surface area contributed by atoms with Gasteiger partial charge in [0, 0.05) is 50.2 Å². The number of carbonyl (C=O) groups excluding carboxylic acids is 7. The van der Waals surface area contributed by atoms with Crippen molar-refractivity contribution in [3.05, 3.63) is 260 Å². The minimum absolute atomic E-state index is 0. The van der Waals surface area contributed by atoms with Crippen LogP contribution in [0.25, 0.3) is 0 Å². The van der Waals surface area contributed by atoms with Gasteiger partial charge in [-0.1, -0.05) is 74.5 Å². The molecule has 2 aliphatic carbocycles. The number of ketones is 4. The lowest BCUT2D eigenvalue weighted by Gasteiger charge is -2.26. The number of aliphatic carboxylic acids is 1. The third-order valence-corrected chi connectivity index (χ3v) is 16.2. The van der Waals surface area contributed by atoms with E-state index in [-0.39, 0.29) is 89.4 Å². The Morgan fingerprint density at radius 1 is 0.376 bits per heavy atom. The van der Waals surface area contributed by atoms with Crippen molar-refractivity contribution in [2.24, 2.45) is 23.7 Å². The van der Waals surface area contributed by atoms with Gasteiger partial charge in [-0.15, -0.1) is 0 Å². The Balaban J connectivity index is 0.000000248. The van der Waals surface area contributed by atoms with Crippen molar-refractivity contribution in [1.29, 1.82) is 0 Å². The third kappa shape index (κ3) is 19.0. The number of ether oxygens (including phenoxy) is 5. The van der Waals surface area contributed by atoms with Crippen LogP contribution >= 0.6 is 0 Å². The van der Waals surface area contributed by atoms with Crippen LogP contribution in [0.1, 0.15) is 160 Å². The number of Topliss-reactive ketones (excluding diaryl/α,β-unsaturated/α-hetero) is 2. The van der Waals surface area contributed by atoms with Crippen molar-refractivity contribution in [3.8, 4) is 23.0 Å². The van der Waals surface area contributed by atoms with Crippen LogP contribution in [-0.4, -0.2) is 129 Å². The molecule has 1 fully saturated rings. The summed E-state index contributed by atoms with van der Waals surface area (Å²) in [6, 6.07) is 45.0. The topological polar surface area (TPSA) is 467 Å². The van der Waals surface area contributed by atoms with E-state index in [2.05, 4.69) is 52.3 Å². The summed E-state index contributed by atoms with van der Waals surface area (Å²) < 4.78 is 25.5. The van der Waals surface area contributed by atoms with Gasteiger partial charge >= 0.3 is 47.8 Å². The number of allylic oxidation sites excluding steroid dienone is 2. The number of nitrogens with two attached hydrogens (primary N) is 2. The molecular formula is C75H70N2O24. The Labute approximate surface area is 576 Å². The number of aromatic carboxylic acids is 4. The molecule has 0 aliphatic heterocycles. The number of hydrogen-bond acceptors (Lipinski definition) is 19. The van der Waals surface area contributed by atoms with Gasteiger partial charge in [0.2, 0.25) is 0 Å². The fraction of sp³-hybridized carbons (Fsp3) is 0.173. The van der Waals surface area contributed by atoms with E-state index in [4.69, 9.17) is 36.3 Å². The molecule has 0 spiro atoms. The van der Waals surface area contributed by atoms with E-state index in [0.717, 1.165) is 86.1 Å². The summed E-state index contributed by atoms with van der Waals surface area (Å²) in [5, 5.41) is 45.8. The molecule has 0 aromatic heterocycles. The largest absolute Gasteiger partial charge is 0.481 e. The van der Waals surface area contributed by atoms with Gasteiger partial charge in [-0.25, -0.2) is 28.8 Å². The monoisotopic (exact) mass is 1380 g/mol. The number of anilines is 2. The number of nitrogen functional groups attached to an aromatic ring is 2. The maximum Gasteiger partial charge on any atom is 0.338 e.